The number of carbonyl (C=O) groups excluding carboxylic acids is 2. The normalized spacial score (nSPS) is 18.9. The Balaban J connectivity index is 0.977. The average molecular weight is 784 g/mol. The van der Waals surface area contributed by atoms with Crippen LogP contribution < -0.4 is 14.8 Å². The van der Waals surface area contributed by atoms with Gasteiger partial charge in [-0.1, -0.05) is 56.2 Å². The summed E-state index contributed by atoms with van der Waals surface area (Å²) in [4.78, 5) is 36.2. The van der Waals surface area contributed by atoms with Crippen LogP contribution in [0, 0.1) is 23.7 Å². The Labute approximate surface area is 324 Å². The summed E-state index contributed by atoms with van der Waals surface area (Å²) in [6.45, 7) is 11.5. The Hall–Kier alpha value is -3.91. The van der Waals surface area contributed by atoms with E-state index in [9.17, 15) is 18.0 Å². The second-order valence-corrected chi connectivity index (χ2v) is 18.6. The highest BCUT2D eigenvalue weighted by Gasteiger charge is 2.42. The van der Waals surface area contributed by atoms with Crippen LogP contribution in [0.2, 0.25) is 5.15 Å². The lowest BCUT2D eigenvalue weighted by atomic mass is 9.63. The van der Waals surface area contributed by atoms with E-state index in [-0.39, 0.29) is 27.4 Å². The van der Waals surface area contributed by atoms with E-state index in [1.165, 1.54) is 61.4 Å². The highest BCUT2D eigenvalue weighted by Crippen LogP contribution is 2.46. The molecular formula is C39H54ClN7O6S. The van der Waals surface area contributed by atoms with Gasteiger partial charge in [-0.3, -0.25) is 4.79 Å². The molecule has 2 saturated carbocycles. The molecule has 294 valence electrons. The maximum Gasteiger partial charge on any atom is 0.410 e. The zero-order valence-electron chi connectivity index (χ0n) is 32.0. The van der Waals surface area contributed by atoms with Crippen LogP contribution in [0.25, 0.3) is 5.82 Å². The Kier molecular flexibility index (Phi) is 12.1. The zero-order valence-corrected chi connectivity index (χ0v) is 33.6. The molecule has 3 aliphatic rings. The maximum atomic E-state index is 13.2. The van der Waals surface area contributed by atoms with Crippen molar-refractivity contribution in [2.24, 2.45) is 23.7 Å². The van der Waals surface area contributed by atoms with E-state index in [1.54, 1.807) is 24.4 Å². The number of sulfonamides is 1. The molecule has 2 aliphatic carbocycles. The molecule has 6 rings (SSSR count). The van der Waals surface area contributed by atoms with Gasteiger partial charge in [0.05, 0.1) is 12.2 Å². The van der Waals surface area contributed by atoms with Crippen molar-refractivity contribution in [3.05, 3.63) is 53.3 Å². The van der Waals surface area contributed by atoms with Crippen LogP contribution in [0.15, 0.2) is 47.6 Å². The number of nitrogens with zero attached hydrogens (tertiary/aromatic N) is 5. The largest absolute Gasteiger partial charge is 0.477 e. The predicted molar refractivity (Wildman–Crippen MR) is 206 cm³/mol. The van der Waals surface area contributed by atoms with E-state index in [0.29, 0.717) is 43.1 Å². The summed E-state index contributed by atoms with van der Waals surface area (Å²) < 4.78 is 41.6. The van der Waals surface area contributed by atoms with E-state index in [0.717, 1.165) is 43.4 Å². The number of hydrogen-bond acceptors (Lipinski definition) is 10. The lowest BCUT2D eigenvalue weighted by molar-refractivity contribution is 0.0130. The molecule has 54 heavy (non-hydrogen) atoms. The van der Waals surface area contributed by atoms with Gasteiger partial charge in [-0.2, -0.15) is 8.42 Å². The van der Waals surface area contributed by atoms with Crippen molar-refractivity contribution in [2.75, 3.05) is 25.0 Å². The molecule has 3 aromatic heterocycles. The minimum atomic E-state index is -4.33. The zero-order chi connectivity index (χ0) is 38.7. The predicted octanol–water partition coefficient (Wildman–Crippen LogP) is 7.65. The number of nitrogens with one attached hydrogen (secondary N) is 2. The molecule has 3 aromatic rings. The molecule has 0 aromatic carbocycles. The van der Waals surface area contributed by atoms with Crippen LogP contribution in [0.3, 0.4) is 0 Å². The van der Waals surface area contributed by atoms with Crippen molar-refractivity contribution >= 4 is 39.4 Å². The molecule has 13 nitrogen and oxygen atoms in total. The van der Waals surface area contributed by atoms with Gasteiger partial charge in [-0.05, 0) is 108 Å². The molecule has 0 unspecified atom stereocenters. The Morgan fingerprint density at radius 3 is 2.41 bits per heavy atom. The SMILES string of the molecule is CC(C)(C)OC(=O)N1C[C@@H](CCCNc2cccc(S(=O)(=O)NC(=O)c3ccc(-n4ccc(OCCC(C5CCC5)C5CCC5)n4)nc3Cl)n2)CC1(C)C. The van der Waals surface area contributed by atoms with E-state index in [1.807, 2.05) is 25.7 Å². The third-order valence-electron chi connectivity index (χ3n) is 11.0. The topological polar surface area (TPSA) is 158 Å². The number of halogens is 1. The molecule has 15 heteroatoms. The molecule has 2 N–H and O–H groups in total. The standard InChI is InChI=1S/C39H54ClN7O6S/c1-38(2,3)53-37(49)46-25-26(24-39(46,4)5)10-9-21-41-31-15-8-16-34(42-31)54(50,51)45-36(48)30-17-18-32(43-35(30)40)47-22-19-33(44-47)52-23-20-29(27-11-6-12-27)28-13-7-14-28/h8,15-19,22,26-29H,6-7,9-14,20-21,23-25H2,1-5H3,(H,41,42)(H,45,48)/t26-/m0/s1. The van der Waals surface area contributed by atoms with Crippen LogP contribution in [0.5, 0.6) is 5.88 Å². The summed E-state index contributed by atoms with van der Waals surface area (Å²) in [7, 11) is -4.33. The maximum absolute atomic E-state index is 13.2. The van der Waals surface area contributed by atoms with Gasteiger partial charge in [0.25, 0.3) is 15.9 Å². The van der Waals surface area contributed by atoms with E-state index < -0.39 is 21.5 Å². The summed E-state index contributed by atoms with van der Waals surface area (Å²) in [6.07, 6.45) is 13.0. The Morgan fingerprint density at radius 1 is 1.04 bits per heavy atom. The third-order valence-corrected chi connectivity index (χ3v) is 12.5. The minimum absolute atomic E-state index is 0.111. The second-order valence-electron chi connectivity index (χ2n) is 16.6. The number of hydrogen-bond donors (Lipinski definition) is 2. The molecule has 0 spiro atoms. The molecule has 1 aliphatic heterocycles. The highest BCUT2D eigenvalue weighted by molar-refractivity contribution is 7.90. The first-order chi connectivity index (χ1) is 25.6. The van der Waals surface area contributed by atoms with Gasteiger partial charge < -0.3 is 19.7 Å². The molecule has 2 amide bonds. The lowest BCUT2D eigenvalue weighted by Crippen LogP contribution is -2.45. The van der Waals surface area contributed by atoms with Crippen molar-refractivity contribution in [1.82, 2.24) is 29.4 Å². The number of pyridine rings is 2. The summed E-state index contributed by atoms with van der Waals surface area (Å²) >= 11 is 6.39. The fraction of sp³-hybridized carbons (Fsp3) is 0.615. The van der Waals surface area contributed by atoms with Gasteiger partial charge in [-0.25, -0.2) is 24.2 Å². The van der Waals surface area contributed by atoms with Crippen LogP contribution in [0.4, 0.5) is 10.6 Å². The Morgan fingerprint density at radius 2 is 1.76 bits per heavy atom. The van der Waals surface area contributed by atoms with Gasteiger partial charge in [0.1, 0.15) is 16.6 Å². The number of amides is 2. The fourth-order valence-electron chi connectivity index (χ4n) is 7.84. The van der Waals surface area contributed by atoms with Crippen LogP contribution in [-0.2, 0) is 14.8 Å². The first-order valence-corrected chi connectivity index (χ1v) is 21.1. The minimum Gasteiger partial charge on any atom is -0.477 e. The molecule has 1 saturated heterocycles. The third kappa shape index (κ3) is 9.84. The quantitative estimate of drug-likeness (QED) is 0.116. The Bertz CT molecular complexity index is 1890. The monoisotopic (exact) mass is 783 g/mol. The molecule has 0 bridgehead atoms. The van der Waals surface area contributed by atoms with E-state index >= 15 is 0 Å². The van der Waals surface area contributed by atoms with Gasteiger partial charge >= 0.3 is 6.09 Å². The average Bonchev–Trinajstić information content (AvgIpc) is 3.64. The molecule has 3 fully saturated rings. The lowest BCUT2D eigenvalue weighted by Gasteiger charge is -2.42. The number of anilines is 1. The second kappa shape index (κ2) is 16.4. The van der Waals surface area contributed by atoms with E-state index in [4.69, 9.17) is 21.1 Å². The molecule has 0 radical (unpaired) electrons. The van der Waals surface area contributed by atoms with Crippen LogP contribution in [-0.4, -0.2) is 75.9 Å². The number of aromatic nitrogens is 4. The number of carbonyl (C=O) groups is 2. The summed E-state index contributed by atoms with van der Waals surface area (Å²) in [5, 5.41) is 7.16. The van der Waals surface area contributed by atoms with Crippen molar-refractivity contribution in [2.45, 2.75) is 115 Å². The summed E-state index contributed by atoms with van der Waals surface area (Å²) in [5.74, 6) is 2.99. The smallest absolute Gasteiger partial charge is 0.410 e. The summed E-state index contributed by atoms with van der Waals surface area (Å²) in [6, 6.07) is 9.24. The van der Waals surface area contributed by atoms with Gasteiger partial charge in [0.15, 0.2) is 10.8 Å². The number of ether oxygens (including phenoxy) is 2. The number of rotatable bonds is 15. The number of likely N-dealkylation sites (tertiary alicyclic amines) is 1. The first kappa shape index (κ1) is 39.8. The molecular weight excluding hydrogens is 730 g/mol. The van der Waals surface area contributed by atoms with Crippen molar-refractivity contribution in [3.8, 4) is 11.7 Å². The highest BCUT2D eigenvalue weighted by atomic mass is 35.5. The molecule has 1 atom stereocenters. The summed E-state index contributed by atoms with van der Waals surface area (Å²) in [5.41, 5.74) is -0.971. The van der Waals surface area contributed by atoms with Gasteiger partial charge in [-0.15, -0.1) is 5.10 Å². The van der Waals surface area contributed by atoms with Gasteiger partial charge in [0, 0.05) is 30.9 Å². The van der Waals surface area contributed by atoms with Crippen LogP contribution in [0.1, 0.15) is 109 Å². The molecule has 4 heterocycles. The van der Waals surface area contributed by atoms with Crippen molar-refractivity contribution in [3.63, 3.8) is 0 Å². The van der Waals surface area contributed by atoms with Crippen LogP contribution >= 0.6 is 11.6 Å². The van der Waals surface area contributed by atoms with Crippen molar-refractivity contribution < 1.29 is 27.5 Å². The van der Waals surface area contributed by atoms with E-state index in [2.05, 4.69) is 39.0 Å². The van der Waals surface area contributed by atoms with Crippen molar-refractivity contribution in [1.29, 1.82) is 0 Å². The van der Waals surface area contributed by atoms with Gasteiger partial charge in [0.2, 0.25) is 5.88 Å². The fourth-order valence-corrected chi connectivity index (χ4v) is 9.01. The first-order valence-electron chi connectivity index (χ1n) is 19.2.